The Bertz CT molecular complexity index is 389. The van der Waals surface area contributed by atoms with Crippen LogP contribution in [-0.4, -0.2) is 37.9 Å². The molecular formula is C14H23N3O. The van der Waals surface area contributed by atoms with E-state index in [0.717, 1.165) is 26.3 Å². The highest BCUT2D eigenvalue weighted by Gasteiger charge is 2.17. The first-order chi connectivity index (χ1) is 8.72. The smallest absolute Gasteiger partial charge is 0.0608 e. The number of rotatable bonds is 4. The summed E-state index contributed by atoms with van der Waals surface area (Å²) in [6, 6.07) is 6.58. The third kappa shape index (κ3) is 3.09. The number of aryl methyl sites for hydroxylation is 1. The quantitative estimate of drug-likeness (QED) is 0.840. The first kappa shape index (κ1) is 13.5. The lowest BCUT2D eigenvalue weighted by Gasteiger charge is -2.32. The second-order valence-electron chi connectivity index (χ2n) is 4.81. The third-order valence-electron chi connectivity index (χ3n) is 3.61. The number of hydrazine groups is 1. The van der Waals surface area contributed by atoms with Gasteiger partial charge in [0.25, 0.3) is 0 Å². The highest BCUT2D eigenvalue weighted by Crippen LogP contribution is 2.20. The number of ether oxygens (including phenoxy) is 1. The van der Waals surface area contributed by atoms with Crippen LogP contribution in [0.25, 0.3) is 0 Å². The average molecular weight is 249 g/mol. The fourth-order valence-corrected chi connectivity index (χ4v) is 2.31. The molecule has 0 spiro atoms. The van der Waals surface area contributed by atoms with E-state index in [2.05, 4.69) is 42.5 Å². The molecule has 2 rings (SSSR count). The van der Waals surface area contributed by atoms with Crippen molar-refractivity contribution in [1.82, 2.24) is 10.4 Å². The number of hydrogen-bond donors (Lipinski definition) is 2. The van der Waals surface area contributed by atoms with Crippen molar-refractivity contribution in [3.05, 3.63) is 34.9 Å². The van der Waals surface area contributed by atoms with Gasteiger partial charge in [0.05, 0.1) is 19.3 Å². The van der Waals surface area contributed by atoms with Crippen LogP contribution in [0.1, 0.15) is 22.7 Å². The van der Waals surface area contributed by atoms with Crippen LogP contribution in [0.2, 0.25) is 0 Å². The van der Waals surface area contributed by atoms with Crippen molar-refractivity contribution >= 4 is 0 Å². The third-order valence-corrected chi connectivity index (χ3v) is 3.61. The molecule has 1 fully saturated rings. The summed E-state index contributed by atoms with van der Waals surface area (Å²) in [5, 5.41) is 2.21. The molecule has 3 N–H and O–H groups in total. The molecule has 4 nitrogen and oxygen atoms in total. The lowest BCUT2D eigenvalue weighted by molar-refractivity contribution is 0.00400. The number of hydrogen-bond acceptors (Lipinski definition) is 4. The standard InChI is InChI=1S/C14H23N3O/c1-11-4-3-5-13(12(11)2)14(10-15)16-17-6-8-18-9-7-17/h3-5,14,16H,6-10,15H2,1-2H3. The number of nitrogens with one attached hydrogen (secondary N) is 1. The van der Waals surface area contributed by atoms with Crippen LogP contribution in [0.15, 0.2) is 18.2 Å². The fraction of sp³-hybridized carbons (Fsp3) is 0.571. The Morgan fingerprint density at radius 3 is 2.72 bits per heavy atom. The molecule has 100 valence electrons. The zero-order valence-corrected chi connectivity index (χ0v) is 11.3. The van der Waals surface area contributed by atoms with Crippen molar-refractivity contribution in [2.45, 2.75) is 19.9 Å². The van der Waals surface area contributed by atoms with Crippen LogP contribution in [0, 0.1) is 13.8 Å². The van der Waals surface area contributed by atoms with Gasteiger partial charge in [0, 0.05) is 19.6 Å². The molecule has 1 unspecified atom stereocenters. The van der Waals surface area contributed by atoms with E-state index in [9.17, 15) is 0 Å². The zero-order valence-electron chi connectivity index (χ0n) is 11.3. The van der Waals surface area contributed by atoms with Gasteiger partial charge in [0.1, 0.15) is 0 Å². The van der Waals surface area contributed by atoms with Crippen molar-refractivity contribution in [3.63, 3.8) is 0 Å². The van der Waals surface area contributed by atoms with Crippen molar-refractivity contribution in [1.29, 1.82) is 0 Å². The largest absolute Gasteiger partial charge is 0.379 e. The molecule has 1 heterocycles. The van der Waals surface area contributed by atoms with Gasteiger partial charge in [-0.15, -0.1) is 0 Å². The summed E-state index contributed by atoms with van der Waals surface area (Å²) >= 11 is 0. The Hall–Kier alpha value is -0.940. The van der Waals surface area contributed by atoms with E-state index in [1.807, 2.05) is 0 Å². The summed E-state index contributed by atoms with van der Waals surface area (Å²) in [5.41, 5.74) is 13.4. The molecule has 1 atom stereocenters. The summed E-state index contributed by atoms with van der Waals surface area (Å²) in [4.78, 5) is 0. The predicted octanol–water partition coefficient (Wildman–Crippen LogP) is 1.14. The molecule has 4 heteroatoms. The van der Waals surface area contributed by atoms with Gasteiger partial charge < -0.3 is 10.5 Å². The van der Waals surface area contributed by atoms with Crippen LogP contribution < -0.4 is 11.2 Å². The minimum absolute atomic E-state index is 0.183. The number of nitrogens with zero attached hydrogens (tertiary/aromatic N) is 1. The van der Waals surface area contributed by atoms with E-state index >= 15 is 0 Å². The lowest BCUT2D eigenvalue weighted by Crippen LogP contribution is -2.48. The van der Waals surface area contributed by atoms with E-state index in [0.29, 0.717) is 6.54 Å². The van der Waals surface area contributed by atoms with Crippen molar-refractivity contribution in [3.8, 4) is 0 Å². The van der Waals surface area contributed by atoms with Crippen LogP contribution in [0.4, 0.5) is 0 Å². The Kier molecular flexibility index (Phi) is 4.72. The van der Waals surface area contributed by atoms with Gasteiger partial charge in [-0.2, -0.15) is 0 Å². The molecule has 0 aromatic heterocycles. The molecule has 1 aliphatic heterocycles. The second-order valence-corrected chi connectivity index (χ2v) is 4.81. The number of morpholine rings is 1. The van der Waals surface area contributed by atoms with Crippen molar-refractivity contribution in [2.75, 3.05) is 32.8 Å². The molecule has 18 heavy (non-hydrogen) atoms. The van der Waals surface area contributed by atoms with E-state index in [4.69, 9.17) is 10.5 Å². The lowest BCUT2D eigenvalue weighted by atomic mass is 9.98. The molecule has 1 aliphatic rings. The van der Waals surface area contributed by atoms with Crippen LogP contribution >= 0.6 is 0 Å². The van der Waals surface area contributed by atoms with Crippen molar-refractivity contribution < 1.29 is 4.74 Å². The molecule has 1 saturated heterocycles. The van der Waals surface area contributed by atoms with Gasteiger partial charge in [-0.25, -0.2) is 10.4 Å². The Balaban J connectivity index is 2.09. The predicted molar refractivity (Wildman–Crippen MR) is 73.2 cm³/mol. The first-order valence-corrected chi connectivity index (χ1v) is 6.57. The van der Waals surface area contributed by atoms with Gasteiger partial charge in [0.15, 0.2) is 0 Å². The molecule has 0 radical (unpaired) electrons. The maximum absolute atomic E-state index is 5.92. The first-order valence-electron chi connectivity index (χ1n) is 6.57. The van der Waals surface area contributed by atoms with E-state index in [1.165, 1.54) is 16.7 Å². The highest BCUT2D eigenvalue weighted by molar-refractivity contribution is 5.35. The van der Waals surface area contributed by atoms with Gasteiger partial charge in [-0.05, 0) is 30.5 Å². The SMILES string of the molecule is Cc1cccc(C(CN)NN2CCOCC2)c1C. The Morgan fingerprint density at radius 1 is 1.33 bits per heavy atom. The van der Waals surface area contributed by atoms with Crippen LogP contribution in [0.3, 0.4) is 0 Å². The highest BCUT2D eigenvalue weighted by atomic mass is 16.5. The zero-order chi connectivity index (χ0) is 13.0. The molecule has 1 aromatic carbocycles. The summed E-state index contributed by atoms with van der Waals surface area (Å²) < 4.78 is 5.35. The molecule has 1 aromatic rings. The molecule has 0 bridgehead atoms. The van der Waals surface area contributed by atoms with E-state index in [1.54, 1.807) is 0 Å². The Morgan fingerprint density at radius 2 is 2.06 bits per heavy atom. The molecule has 0 aliphatic carbocycles. The topological polar surface area (TPSA) is 50.5 Å². The monoisotopic (exact) mass is 249 g/mol. The second kappa shape index (κ2) is 6.29. The minimum atomic E-state index is 0.183. The van der Waals surface area contributed by atoms with Crippen molar-refractivity contribution in [2.24, 2.45) is 5.73 Å². The molecule has 0 amide bonds. The number of nitrogens with two attached hydrogens (primary N) is 1. The summed E-state index contributed by atoms with van der Waals surface area (Å²) in [5.74, 6) is 0. The summed E-state index contributed by atoms with van der Waals surface area (Å²) in [7, 11) is 0. The average Bonchev–Trinajstić information content (AvgIpc) is 2.41. The fourth-order valence-electron chi connectivity index (χ4n) is 2.31. The maximum Gasteiger partial charge on any atom is 0.0608 e. The number of benzene rings is 1. The van der Waals surface area contributed by atoms with E-state index in [-0.39, 0.29) is 6.04 Å². The molecule has 0 saturated carbocycles. The van der Waals surface area contributed by atoms with Gasteiger partial charge in [0.2, 0.25) is 0 Å². The van der Waals surface area contributed by atoms with Crippen LogP contribution in [0.5, 0.6) is 0 Å². The molecular weight excluding hydrogens is 226 g/mol. The minimum Gasteiger partial charge on any atom is -0.379 e. The maximum atomic E-state index is 5.92. The summed E-state index contributed by atoms with van der Waals surface area (Å²) in [6.45, 7) is 8.31. The van der Waals surface area contributed by atoms with E-state index < -0.39 is 0 Å². The Labute approximate surface area is 109 Å². The summed E-state index contributed by atoms with van der Waals surface area (Å²) in [6.07, 6.45) is 0. The van der Waals surface area contributed by atoms with Gasteiger partial charge in [-0.3, -0.25) is 0 Å². The van der Waals surface area contributed by atoms with Gasteiger partial charge in [-0.1, -0.05) is 18.2 Å². The van der Waals surface area contributed by atoms with Crippen LogP contribution in [-0.2, 0) is 4.74 Å². The normalized spacial score (nSPS) is 18.8. The van der Waals surface area contributed by atoms with Gasteiger partial charge >= 0.3 is 0 Å².